The number of nitrogens with zero attached hydrogens (tertiary/aromatic N) is 3. The summed E-state index contributed by atoms with van der Waals surface area (Å²) in [6, 6.07) is 7.63. The maximum Gasteiger partial charge on any atom is 0.209 e. The molecule has 0 amide bonds. The minimum absolute atomic E-state index is 0.0271. The molecular formula is C16H22N4O3S3. The molecule has 0 unspecified atom stereocenters. The summed E-state index contributed by atoms with van der Waals surface area (Å²) in [6.45, 7) is 3.25. The number of nitrogens with one attached hydrogen (secondary N) is 1. The van der Waals surface area contributed by atoms with Crippen LogP contribution in [-0.2, 0) is 16.5 Å². The van der Waals surface area contributed by atoms with Crippen LogP contribution in [0.5, 0.6) is 5.75 Å². The lowest BCUT2D eigenvalue weighted by Gasteiger charge is -2.25. The molecule has 7 nitrogen and oxygen atoms in total. The molecule has 1 aromatic heterocycles. The third-order valence-electron chi connectivity index (χ3n) is 4.40. The Bertz CT molecular complexity index is 923. The van der Waals surface area contributed by atoms with E-state index in [0.717, 1.165) is 18.0 Å². The Kier molecular flexibility index (Phi) is 5.96. The van der Waals surface area contributed by atoms with E-state index in [1.165, 1.54) is 11.3 Å². The highest BCUT2D eigenvalue weighted by molar-refractivity contribution is 7.91. The van der Waals surface area contributed by atoms with Crippen LogP contribution in [0.3, 0.4) is 0 Å². The van der Waals surface area contributed by atoms with Crippen LogP contribution in [0.25, 0.3) is 0 Å². The standard InChI is InChI=1S/C16H22N4O3S3/c1-3-19(12-8-9-26(21,22)10-12)11-20-16(24)25-15(18-20)17-13-6-4-5-7-14(13)23-2/h4-7,12H,3,8-11H2,1-2H3,(H,17,18)/t12-/m0/s1. The van der Waals surface area contributed by atoms with Crippen molar-refractivity contribution in [1.29, 1.82) is 0 Å². The molecule has 0 saturated carbocycles. The minimum Gasteiger partial charge on any atom is -0.495 e. The Morgan fingerprint density at radius 3 is 2.88 bits per heavy atom. The number of aromatic nitrogens is 2. The summed E-state index contributed by atoms with van der Waals surface area (Å²) < 4.78 is 31.2. The lowest BCUT2D eigenvalue weighted by Crippen LogP contribution is -2.37. The predicted octanol–water partition coefficient (Wildman–Crippen LogP) is 2.89. The van der Waals surface area contributed by atoms with Crippen molar-refractivity contribution in [3.8, 4) is 5.75 Å². The van der Waals surface area contributed by atoms with Crippen LogP contribution in [0.4, 0.5) is 10.8 Å². The third-order valence-corrected chi connectivity index (χ3v) is 7.37. The maximum absolute atomic E-state index is 11.8. The molecule has 2 aromatic rings. The van der Waals surface area contributed by atoms with Gasteiger partial charge in [-0.05, 0) is 37.3 Å². The Morgan fingerprint density at radius 2 is 2.23 bits per heavy atom. The van der Waals surface area contributed by atoms with Crippen molar-refractivity contribution in [2.45, 2.75) is 26.1 Å². The minimum atomic E-state index is -2.92. The number of anilines is 2. The smallest absolute Gasteiger partial charge is 0.209 e. The van der Waals surface area contributed by atoms with Crippen molar-refractivity contribution >= 4 is 44.2 Å². The molecular weight excluding hydrogens is 392 g/mol. The molecule has 1 aromatic carbocycles. The quantitative estimate of drug-likeness (QED) is 0.698. The molecule has 0 aliphatic carbocycles. The van der Waals surface area contributed by atoms with E-state index in [0.29, 0.717) is 22.2 Å². The molecule has 1 atom stereocenters. The van der Waals surface area contributed by atoms with Gasteiger partial charge in [0.25, 0.3) is 0 Å². The highest BCUT2D eigenvalue weighted by Gasteiger charge is 2.31. The normalized spacial score (nSPS) is 19.0. The van der Waals surface area contributed by atoms with Gasteiger partial charge in [-0.2, -0.15) is 0 Å². The Morgan fingerprint density at radius 1 is 1.46 bits per heavy atom. The summed E-state index contributed by atoms with van der Waals surface area (Å²) in [7, 11) is -1.30. The van der Waals surface area contributed by atoms with Gasteiger partial charge in [0.1, 0.15) is 5.75 Å². The van der Waals surface area contributed by atoms with E-state index in [9.17, 15) is 8.42 Å². The van der Waals surface area contributed by atoms with Gasteiger partial charge in [-0.25, -0.2) is 13.1 Å². The monoisotopic (exact) mass is 414 g/mol. The molecule has 10 heteroatoms. The lowest BCUT2D eigenvalue weighted by atomic mass is 10.2. The second kappa shape index (κ2) is 8.03. The largest absolute Gasteiger partial charge is 0.495 e. The first-order chi connectivity index (χ1) is 12.4. The molecule has 1 N–H and O–H groups in total. The van der Waals surface area contributed by atoms with Gasteiger partial charge in [-0.1, -0.05) is 30.4 Å². The van der Waals surface area contributed by atoms with Gasteiger partial charge in [-0.3, -0.25) is 4.90 Å². The zero-order valence-electron chi connectivity index (χ0n) is 14.7. The predicted molar refractivity (Wildman–Crippen MR) is 107 cm³/mol. The number of methoxy groups -OCH3 is 1. The van der Waals surface area contributed by atoms with Crippen LogP contribution in [0.15, 0.2) is 24.3 Å². The summed E-state index contributed by atoms with van der Waals surface area (Å²) in [5.41, 5.74) is 0.820. The molecule has 0 spiro atoms. The Balaban J connectivity index is 1.74. The molecule has 2 heterocycles. The zero-order valence-corrected chi connectivity index (χ0v) is 17.2. The van der Waals surface area contributed by atoms with E-state index >= 15 is 0 Å². The summed E-state index contributed by atoms with van der Waals surface area (Å²) in [5, 5.41) is 8.46. The van der Waals surface area contributed by atoms with Crippen molar-refractivity contribution in [3.05, 3.63) is 28.2 Å². The van der Waals surface area contributed by atoms with Gasteiger partial charge in [0.15, 0.2) is 13.8 Å². The lowest BCUT2D eigenvalue weighted by molar-refractivity contribution is 0.165. The maximum atomic E-state index is 11.8. The van der Waals surface area contributed by atoms with Crippen LogP contribution in [-0.4, -0.2) is 54.3 Å². The second-order valence-electron chi connectivity index (χ2n) is 6.10. The fourth-order valence-electron chi connectivity index (χ4n) is 3.02. The number of hydrogen-bond donors (Lipinski definition) is 1. The van der Waals surface area contributed by atoms with Crippen LogP contribution in [0, 0.1) is 3.95 Å². The van der Waals surface area contributed by atoms with Crippen molar-refractivity contribution < 1.29 is 13.2 Å². The number of hydrogen-bond acceptors (Lipinski definition) is 8. The van der Waals surface area contributed by atoms with Crippen molar-refractivity contribution in [1.82, 2.24) is 14.7 Å². The van der Waals surface area contributed by atoms with Gasteiger partial charge in [-0.15, -0.1) is 5.10 Å². The molecule has 0 bridgehead atoms. The van der Waals surface area contributed by atoms with Gasteiger partial charge in [0.05, 0.1) is 31.0 Å². The van der Waals surface area contributed by atoms with Crippen molar-refractivity contribution in [2.75, 3.05) is 30.5 Å². The first-order valence-corrected chi connectivity index (χ1v) is 11.4. The van der Waals surface area contributed by atoms with Crippen molar-refractivity contribution in [2.24, 2.45) is 0 Å². The van der Waals surface area contributed by atoms with E-state index in [1.807, 2.05) is 31.2 Å². The van der Waals surface area contributed by atoms with Gasteiger partial charge < -0.3 is 10.1 Å². The highest BCUT2D eigenvalue weighted by atomic mass is 32.2. The Hall–Kier alpha value is -1.49. The molecule has 1 fully saturated rings. The van der Waals surface area contributed by atoms with Crippen LogP contribution in [0.2, 0.25) is 0 Å². The molecule has 142 valence electrons. The number of ether oxygens (including phenoxy) is 1. The summed E-state index contributed by atoms with van der Waals surface area (Å²) in [4.78, 5) is 2.12. The molecule has 1 aliphatic heterocycles. The van der Waals surface area contributed by atoms with Crippen LogP contribution in [0.1, 0.15) is 13.3 Å². The number of para-hydroxylation sites is 2. The fourth-order valence-corrected chi connectivity index (χ4v) is 5.79. The van der Waals surface area contributed by atoms with Gasteiger partial charge in [0.2, 0.25) is 5.13 Å². The van der Waals surface area contributed by atoms with E-state index in [2.05, 4.69) is 15.3 Å². The SMILES string of the molecule is CCN(Cn1nc(Nc2ccccc2OC)sc1=S)[C@H]1CCS(=O)(=O)C1. The van der Waals surface area contributed by atoms with Crippen molar-refractivity contribution in [3.63, 3.8) is 0 Å². The van der Waals surface area contributed by atoms with Gasteiger partial charge >= 0.3 is 0 Å². The molecule has 0 radical (unpaired) electrons. The summed E-state index contributed by atoms with van der Waals surface area (Å²) in [6.07, 6.45) is 0.667. The van der Waals surface area contributed by atoms with E-state index in [-0.39, 0.29) is 17.5 Å². The summed E-state index contributed by atoms with van der Waals surface area (Å²) >= 11 is 6.82. The van der Waals surface area contributed by atoms with E-state index < -0.39 is 9.84 Å². The molecule has 3 rings (SSSR count). The zero-order chi connectivity index (χ0) is 18.7. The fraction of sp³-hybridized carbons (Fsp3) is 0.500. The molecule has 1 saturated heterocycles. The van der Waals surface area contributed by atoms with Crippen LogP contribution < -0.4 is 10.1 Å². The Labute approximate surface area is 162 Å². The van der Waals surface area contributed by atoms with E-state index in [1.54, 1.807) is 11.8 Å². The van der Waals surface area contributed by atoms with Crippen LogP contribution >= 0.6 is 23.6 Å². The highest BCUT2D eigenvalue weighted by Crippen LogP contribution is 2.28. The number of sulfone groups is 1. The summed E-state index contributed by atoms with van der Waals surface area (Å²) in [5.74, 6) is 1.20. The first-order valence-electron chi connectivity index (χ1n) is 8.34. The number of benzene rings is 1. The second-order valence-corrected chi connectivity index (χ2v) is 9.95. The molecule has 26 heavy (non-hydrogen) atoms. The van der Waals surface area contributed by atoms with E-state index in [4.69, 9.17) is 17.0 Å². The average Bonchev–Trinajstić information content (AvgIpc) is 3.14. The molecule has 1 aliphatic rings. The topological polar surface area (TPSA) is 76.5 Å². The first kappa shape index (κ1) is 19.3. The van der Waals surface area contributed by atoms with Gasteiger partial charge in [0, 0.05) is 6.04 Å². The number of rotatable bonds is 7. The average molecular weight is 415 g/mol. The third kappa shape index (κ3) is 4.43.